The van der Waals surface area contributed by atoms with E-state index in [2.05, 4.69) is 9.88 Å². The Morgan fingerprint density at radius 1 is 1.23 bits per heavy atom. The number of amides is 1. The molecule has 9 nitrogen and oxygen atoms in total. The molecule has 1 saturated heterocycles. The average Bonchev–Trinajstić information content (AvgIpc) is 3.38. The topological polar surface area (TPSA) is 105 Å². The maximum absolute atomic E-state index is 13.1. The lowest BCUT2D eigenvalue weighted by Crippen LogP contribution is -2.44. The Labute approximate surface area is 174 Å². The average molecular weight is 417 g/mol. The molecule has 3 heterocycles. The van der Waals surface area contributed by atoms with E-state index in [-0.39, 0.29) is 29.7 Å². The van der Waals surface area contributed by atoms with Crippen LogP contribution >= 0.6 is 0 Å². The third-order valence-corrected chi connectivity index (χ3v) is 5.25. The number of aromatic amines is 1. The van der Waals surface area contributed by atoms with Gasteiger partial charge in [0.15, 0.2) is 11.5 Å². The van der Waals surface area contributed by atoms with Crippen molar-refractivity contribution in [3.8, 4) is 0 Å². The molecule has 0 bridgehead atoms. The quantitative estimate of drug-likeness (QED) is 0.514. The number of carbonyl (C=O) groups excluding carboxylic acids is 3. The normalized spacial score (nSPS) is 14.5. The lowest BCUT2D eigenvalue weighted by atomic mass is 10.0. The van der Waals surface area contributed by atoms with Gasteiger partial charge in [0.1, 0.15) is 5.69 Å². The maximum Gasteiger partial charge on any atom is 0.354 e. The Balaban J connectivity index is 1.78. The number of nitrogens with one attached hydrogen (secondary N) is 1. The van der Waals surface area contributed by atoms with Crippen molar-refractivity contribution in [1.82, 2.24) is 14.8 Å². The zero-order chi connectivity index (χ0) is 21.7. The summed E-state index contributed by atoms with van der Waals surface area (Å²) in [6, 6.07) is 3.22. The van der Waals surface area contributed by atoms with Crippen molar-refractivity contribution in [3.63, 3.8) is 0 Å². The van der Waals surface area contributed by atoms with Gasteiger partial charge < -0.3 is 23.8 Å². The summed E-state index contributed by atoms with van der Waals surface area (Å²) in [5, 5.41) is 0. The first-order chi connectivity index (χ1) is 14.4. The summed E-state index contributed by atoms with van der Waals surface area (Å²) in [7, 11) is 1.29. The monoisotopic (exact) mass is 417 g/mol. The van der Waals surface area contributed by atoms with Gasteiger partial charge in [-0.1, -0.05) is 0 Å². The summed E-state index contributed by atoms with van der Waals surface area (Å²) in [5.41, 5.74) is 1.73. The SMILES string of the molecule is COC(=O)c1[nH]c(C)c(C(=O)CN(CCN2CCOCC2)C(=O)c2ccco2)c1C. The molecule has 0 spiro atoms. The second-order valence-corrected chi connectivity index (χ2v) is 7.20. The van der Waals surface area contributed by atoms with Gasteiger partial charge in [-0.05, 0) is 31.5 Å². The summed E-state index contributed by atoms with van der Waals surface area (Å²) in [5.74, 6) is -0.952. The molecule has 1 aliphatic heterocycles. The Bertz CT molecular complexity index is 896. The van der Waals surface area contributed by atoms with Gasteiger partial charge in [0.05, 0.1) is 33.1 Å². The first-order valence-corrected chi connectivity index (χ1v) is 9.86. The Morgan fingerprint density at radius 3 is 2.60 bits per heavy atom. The fraction of sp³-hybridized carbons (Fsp3) is 0.476. The van der Waals surface area contributed by atoms with Crippen molar-refractivity contribution in [2.24, 2.45) is 0 Å². The number of ether oxygens (including phenoxy) is 2. The molecular weight excluding hydrogens is 390 g/mol. The number of esters is 1. The maximum atomic E-state index is 13.1. The van der Waals surface area contributed by atoms with E-state index in [1.807, 2.05) is 0 Å². The van der Waals surface area contributed by atoms with Gasteiger partial charge in [-0.25, -0.2) is 4.79 Å². The van der Waals surface area contributed by atoms with Crippen LogP contribution in [-0.2, 0) is 9.47 Å². The summed E-state index contributed by atoms with van der Waals surface area (Å²) in [6.07, 6.45) is 1.43. The minimum absolute atomic E-state index is 0.121. The van der Waals surface area contributed by atoms with Crippen molar-refractivity contribution in [2.45, 2.75) is 13.8 Å². The zero-order valence-electron chi connectivity index (χ0n) is 17.5. The van der Waals surface area contributed by atoms with Crippen LogP contribution < -0.4 is 0 Å². The molecule has 30 heavy (non-hydrogen) atoms. The van der Waals surface area contributed by atoms with E-state index >= 15 is 0 Å². The molecule has 162 valence electrons. The molecule has 1 aliphatic rings. The lowest BCUT2D eigenvalue weighted by Gasteiger charge is -2.29. The zero-order valence-corrected chi connectivity index (χ0v) is 17.5. The molecule has 1 amide bonds. The van der Waals surface area contributed by atoms with Crippen LogP contribution in [0.25, 0.3) is 0 Å². The largest absolute Gasteiger partial charge is 0.464 e. The van der Waals surface area contributed by atoms with Gasteiger partial charge in [0, 0.05) is 37.4 Å². The van der Waals surface area contributed by atoms with Crippen LogP contribution in [-0.4, -0.2) is 85.5 Å². The predicted octanol–water partition coefficient (Wildman–Crippen LogP) is 1.67. The molecule has 2 aromatic heterocycles. The van der Waals surface area contributed by atoms with Crippen molar-refractivity contribution in [3.05, 3.63) is 46.7 Å². The third-order valence-electron chi connectivity index (χ3n) is 5.25. The van der Waals surface area contributed by atoms with Crippen LogP contribution in [0.1, 0.15) is 42.7 Å². The number of carbonyl (C=O) groups is 3. The van der Waals surface area contributed by atoms with Gasteiger partial charge in [0.2, 0.25) is 0 Å². The fourth-order valence-electron chi connectivity index (χ4n) is 3.62. The lowest BCUT2D eigenvalue weighted by molar-refractivity contribution is 0.0319. The van der Waals surface area contributed by atoms with Gasteiger partial charge in [0.25, 0.3) is 5.91 Å². The number of aromatic nitrogens is 1. The van der Waals surface area contributed by atoms with Crippen LogP contribution in [0.5, 0.6) is 0 Å². The number of hydrogen-bond donors (Lipinski definition) is 1. The number of methoxy groups -OCH3 is 1. The third kappa shape index (κ3) is 4.80. The fourth-order valence-corrected chi connectivity index (χ4v) is 3.62. The molecule has 0 atom stereocenters. The van der Waals surface area contributed by atoms with E-state index in [0.29, 0.717) is 43.1 Å². The van der Waals surface area contributed by atoms with Crippen LogP contribution in [0.2, 0.25) is 0 Å². The van der Waals surface area contributed by atoms with Crippen molar-refractivity contribution < 1.29 is 28.3 Å². The highest BCUT2D eigenvalue weighted by Gasteiger charge is 2.27. The van der Waals surface area contributed by atoms with Gasteiger partial charge in [-0.15, -0.1) is 0 Å². The molecule has 1 N–H and O–H groups in total. The molecule has 2 aromatic rings. The van der Waals surface area contributed by atoms with E-state index in [4.69, 9.17) is 13.9 Å². The van der Waals surface area contributed by atoms with Gasteiger partial charge in [-0.2, -0.15) is 0 Å². The van der Waals surface area contributed by atoms with Gasteiger partial charge in [-0.3, -0.25) is 14.5 Å². The molecule has 0 radical (unpaired) electrons. The highest BCUT2D eigenvalue weighted by Crippen LogP contribution is 2.20. The molecule has 0 saturated carbocycles. The Hall–Kier alpha value is -2.91. The van der Waals surface area contributed by atoms with E-state index in [1.165, 1.54) is 18.3 Å². The summed E-state index contributed by atoms with van der Waals surface area (Å²) in [6.45, 7) is 7.18. The van der Waals surface area contributed by atoms with Gasteiger partial charge >= 0.3 is 5.97 Å². The second kappa shape index (κ2) is 9.73. The highest BCUT2D eigenvalue weighted by atomic mass is 16.5. The Morgan fingerprint density at radius 2 is 1.97 bits per heavy atom. The number of H-pyrrole nitrogens is 1. The highest BCUT2D eigenvalue weighted by molar-refractivity contribution is 6.05. The molecule has 0 aliphatic carbocycles. The van der Waals surface area contributed by atoms with Crippen molar-refractivity contribution in [1.29, 1.82) is 0 Å². The number of morpholine rings is 1. The van der Waals surface area contributed by atoms with Crippen LogP contribution in [0.4, 0.5) is 0 Å². The van der Waals surface area contributed by atoms with Crippen molar-refractivity contribution >= 4 is 17.7 Å². The summed E-state index contributed by atoms with van der Waals surface area (Å²) in [4.78, 5) is 44.6. The standard InChI is InChI=1S/C21H27N3O6/c1-14-18(15(2)22-19(14)21(27)28-3)16(25)13-24(20(26)17-5-4-10-30-17)7-6-23-8-11-29-12-9-23/h4-5,10,22H,6-9,11-13H2,1-3H3. The molecule has 0 aromatic carbocycles. The van der Waals surface area contributed by atoms with Crippen molar-refractivity contribution in [2.75, 3.05) is 53.0 Å². The molecule has 1 fully saturated rings. The first kappa shape index (κ1) is 21.8. The number of nitrogens with zero attached hydrogens (tertiary/aromatic N) is 2. The predicted molar refractivity (Wildman–Crippen MR) is 108 cm³/mol. The number of furan rings is 1. The number of hydrogen-bond acceptors (Lipinski definition) is 7. The van der Waals surface area contributed by atoms with E-state index in [1.54, 1.807) is 26.0 Å². The minimum atomic E-state index is -0.537. The summed E-state index contributed by atoms with van der Waals surface area (Å²) < 4.78 is 15.4. The molecule has 9 heteroatoms. The number of ketones is 1. The number of Topliss-reactive ketones (excluding diaryl/α,β-unsaturated/α-hetero) is 1. The second-order valence-electron chi connectivity index (χ2n) is 7.20. The smallest absolute Gasteiger partial charge is 0.354 e. The van der Waals surface area contributed by atoms with Crippen LogP contribution in [0, 0.1) is 13.8 Å². The molecule has 0 unspecified atom stereocenters. The summed E-state index contributed by atoms with van der Waals surface area (Å²) >= 11 is 0. The van der Waals surface area contributed by atoms with E-state index in [0.717, 1.165) is 13.1 Å². The van der Waals surface area contributed by atoms with Crippen LogP contribution in [0.15, 0.2) is 22.8 Å². The minimum Gasteiger partial charge on any atom is -0.464 e. The van der Waals surface area contributed by atoms with Crippen LogP contribution in [0.3, 0.4) is 0 Å². The first-order valence-electron chi connectivity index (χ1n) is 9.86. The van der Waals surface area contributed by atoms with E-state index < -0.39 is 5.97 Å². The Kier molecular flexibility index (Phi) is 7.07. The number of aryl methyl sites for hydroxylation is 1. The molecular formula is C21H27N3O6. The molecule has 3 rings (SSSR count). The number of rotatable bonds is 8. The van der Waals surface area contributed by atoms with E-state index in [9.17, 15) is 14.4 Å².